The largest absolute Gasteiger partial charge is 0.503 e. The fraction of sp³-hybridized carbons (Fsp3) is 0.556. The van der Waals surface area contributed by atoms with Gasteiger partial charge in [0.1, 0.15) is 11.7 Å². The summed E-state index contributed by atoms with van der Waals surface area (Å²) in [7, 11) is -11.1. The third-order valence-electron chi connectivity index (χ3n) is 20.8. The molecule has 0 atom stereocenters. The number of aliphatic imine (C=N–C) groups is 2. The lowest BCUT2D eigenvalue weighted by atomic mass is 9.92. The summed E-state index contributed by atoms with van der Waals surface area (Å²) < 4.78 is 274. The molecule has 2 saturated heterocycles. The average molecular weight is 2150 g/mol. The van der Waals surface area contributed by atoms with Crippen LogP contribution in [-0.4, -0.2) is 292 Å². The van der Waals surface area contributed by atoms with Crippen molar-refractivity contribution < 1.29 is 194 Å². The van der Waals surface area contributed by atoms with Gasteiger partial charge in [0.25, 0.3) is 11.8 Å². The first kappa shape index (κ1) is 122. The van der Waals surface area contributed by atoms with Crippen LogP contribution in [0.25, 0.3) is 12.2 Å². The Hall–Kier alpha value is -10.4. The zero-order valence-electron chi connectivity index (χ0n) is 79.1. The first-order valence-electron chi connectivity index (χ1n) is 45.5. The summed E-state index contributed by atoms with van der Waals surface area (Å²) in [6.45, 7) is 15.4. The van der Waals surface area contributed by atoms with Gasteiger partial charge in [-0.05, 0) is 114 Å². The number of aryl methyl sites for hydroxylation is 2. The third kappa shape index (κ3) is 41.1. The summed E-state index contributed by atoms with van der Waals surface area (Å²) in [6, 6.07) is 4.13. The number of benzene rings is 3. The molecule has 2 aromatic heterocycles. The molecule has 5 aromatic rings. The van der Waals surface area contributed by atoms with Gasteiger partial charge in [-0.1, -0.05) is 13.8 Å². The van der Waals surface area contributed by atoms with Crippen molar-refractivity contribution in [3.8, 4) is 17.2 Å². The molecule has 3 aromatic carbocycles. The van der Waals surface area contributed by atoms with Crippen molar-refractivity contribution in [2.75, 3.05) is 171 Å². The molecule has 38 nitrogen and oxygen atoms in total. The van der Waals surface area contributed by atoms with Crippen LogP contribution >= 0.6 is 22.7 Å². The number of hydrogen-bond donors (Lipinski definition) is 7. The number of carbonyl (C=O) groups excluding carboxylic acids is 6. The first-order chi connectivity index (χ1) is 68.4. The van der Waals surface area contributed by atoms with Gasteiger partial charge < -0.3 is 88.7 Å². The molecule has 0 unspecified atom stereocenters. The summed E-state index contributed by atoms with van der Waals surface area (Å²) in [5, 5.41) is 28.2. The van der Waals surface area contributed by atoms with Crippen molar-refractivity contribution in [3.63, 3.8) is 0 Å². The second-order valence-corrected chi connectivity index (χ2v) is 36.6. The molecule has 4 aliphatic rings. The molecule has 54 heteroatoms. The van der Waals surface area contributed by atoms with E-state index < -0.39 is 154 Å². The zero-order chi connectivity index (χ0) is 106. The molecule has 0 spiro atoms. The van der Waals surface area contributed by atoms with Crippen molar-refractivity contribution in [1.82, 2.24) is 19.9 Å². The number of piperidine rings is 2. The number of aromatic hydroxyl groups is 1. The van der Waals surface area contributed by atoms with Crippen LogP contribution in [0.15, 0.2) is 49.1 Å². The van der Waals surface area contributed by atoms with Gasteiger partial charge in [-0.3, -0.25) is 57.1 Å². The number of rotatable bonds is 56. The first-order valence-corrected chi connectivity index (χ1v) is 50.0. The molecule has 144 heavy (non-hydrogen) atoms. The number of carboxylic acids is 2. The van der Waals surface area contributed by atoms with Crippen LogP contribution in [0.1, 0.15) is 150 Å². The summed E-state index contributed by atoms with van der Waals surface area (Å²) in [4.78, 5) is 119. The fourth-order valence-electron chi connectivity index (χ4n) is 13.7. The second-order valence-electron chi connectivity index (χ2n) is 31.5. The quantitative estimate of drug-likeness (QED) is 0.00361. The number of carboxylic acid groups (broad SMARTS) is 2. The Kier molecular flexibility index (Phi) is 53.7. The lowest BCUT2D eigenvalue weighted by Gasteiger charge is -2.32. The van der Waals surface area contributed by atoms with Gasteiger partial charge in [0.15, 0.2) is 50.4 Å². The van der Waals surface area contributed by atoms with E-state index in [1.165, 1.54) is 15.0 Å². The smallest absolute Gasteiger partial charge is 0.313 e. The number of ether oxygens (including phenoxy) is 11. The van der Waals surface area contributed by atoms with Gasteiger partial charge in [0.05, 0.1) is 192 Å². The van der Waals surface area contributed by atoms with Gasteiger partial charge in [-0.15, -0.1) is 22.7 Å². The highest BCUT2D eigenvalue weighted by Gasteiger charge is 2.37. The number of carbonyl (C=O) groups is 8. The van der Waals surface area contributed by atoms with E-state index in [1.807, 2.05) is 55.7 Å². The Labute approximate surface area is 829 Å². The Balaban J connectivity index is 0.000000323. The highest BCUT2D eigenvalue weighted by molar-refractivity contribution is 7.86. The van der Waals surface area contributed by atoms with Crippen molar-refractivity contribution in [2.45, 2.75) is 153 Å². The molecule has 2 fully saturated rings. The second kappa shape index (κ2) is 63.2. The number of amides is 4. The van der Waals surface area contributed by atoms with E-state index in [0.717, 1.165) is 103 Å². The van der Waals surface area contributed by atoms with Crippen LogP contribution in [0.5, 0.6) is 17.2 Å². The highest BCUT2D eigenvalue weighted by atomic mass is 32.2. The van der Waals surface area contributed by atoms with Crippen LogP contribution in [0, 0.1) is 81.6 Å². The number of nitrogens with zero attached hydrogens (tertiary/aromatic N) is 6. The van der Waals surface area contributed by atoms with Crippen molar-refractivity contribution in [2.24, 2.45) is 33.3 Å². The van der Waals surface area contributed by atoms with E-state index in [1.54, 1.807) is 22.7 Å². The van der Waals surface area contributed by atoms with Crippen molar-refractivity contribution in [3.05, 3.63) is 119 Å². The summed E-state index contributed by atoms with van der Waals surface area (Å²) in [6.07, 6.45) is 12.9. The Morgan fingerprint density at radius 2 is 0.708 bits per heavy atom. The topological polar surface area (TPSA) is 516 Å². The van der Waals surface area contributed by atoms with E-state index >= 15 is 0 Å². The molecule has 4 amide bonds. The molecule has 6 heterocycles. The summed E-state index contributed by atoms with van der Waals surface area (Å²) >= 11 is 3.28. The molecule has 804 valence electrons. The number of hydroxylamine groups is 4. The molecule has 0 bridgehead atoms. The molecule has 0 radical (unpaired) electrons. The summed E-state index contributed by atoms with van der Waals surface area (Å²) in [5.74, 6) is -33.9. The lowest BCUT2D eigenvalue weighted by molar-refractivity contribution is -0.180. The van der Waals surface area contributed by atoms with Crippen LogP contribution in [0.3, 0.4) is 0 Å². The number of halogens is 12. The van der Waals surface area contributed by atoms with E-state index in [-0.39, 0.29) is 141 Å². The van der Waals surface area contributed by atoms with Gasteiger partial charge in [0.2, 0.25) is 58.2 Å². The molecular weight excluding hydrogens is 2030 g/mol. The molecule has 0 saturated carbocycles. The summed E-state index contributed by atoms with van der Waals surface area (Å²) in [5.41, 5.74) is 15.1. The van der Waals surface area contributed by atoms with Gasteiger partial charge >= 0.3 is 44.1 Å². The van der Waals surface area contributed by atoms with E-state index in [4.69, 9.17) is 88.2 Å². The minimum absolute atomic E-state index is 0.00230. The zero-order valence-corrected chi connectivity index (χ0v) is 82.4. The maximum atomic E-state index is 14.0. The van der Waals surface area contributed by atoms with E-state index in [0.29, 0.717) is 120 Å². The number of thiophene rings is 2. The van der Waals surface area contributed by atoms with Gasteiger partial charge in [0, 0.05) is 79.1 Å². The molecule has 4 aliphatic heterocycles. The molecule has 9 rings (SSSR count). The number of likely N-dealkylation sites (tertiary alicyclic amines) is 2. The number of aliphatic carboxylic acids is 2. The Morgan fingerprint density at radius 3 is 1.01 bits per heavy atom. The Bertz CT molecular complexity index is 5380. The standard InChI is InChI=1S/C37H48F4N4O11S2.C31H48N4O8S.C16H18F4O7.C6H2F4O4S/c1-3-11-45(55-4-2)37(48)24-20-27-26(43-28(42)21-24)22-25(57-27)6-5-23-7-12-44(13-8-23)29(46)9-14-52-16-18-54-19-17-53-15-10-30(47)56-35-31(38)33(40)36(58(49,50)51)34(41)32(35)39;1-3-11-35(43-4-2)31(39)24-20-27-26(33-28(32)21-24)22-25(44-27)6-5-23-7-12-34(13-8-23)29(36)9-14-40-16-18-42-19-17-41-15-10-30(37)38;17-10-9-11(18)15(20)16(14(10)19)27-13(23)2-4-25-6-8-26-7-5-24-3-1-12(21)22;7-1-3(9)6(15(12,13)14)4(10)2(8)5(1)11/h20,22-23H,3-19,21H2,1-2H3,(H2,42,43)(H,49,50,51);20,22-23H,3-19,21H2,1-2H3,(H2,32,33)(H,37,38);9H,1-8H2,(H,21,22);11H,(H,12,13,14). The van der Waals surface area contributed by atoms with Crippen molar-refractivity contribution in [1.29, 1.82) is 0 Å². The lowest BCUT2D eigenvalue weighted by Crippen LogP contribution is -2.39. The minimum atomic E-state index is -5.65. The van der Waals surface area contributed by atoms with E-state index in [2.05, 4.69) is 25.5 Å². The van der Waals surface area contributed by atoms with Gasteiger partial charge in [-0.25, -0.2) is 46.5 Å². The molecule has 0 aliphatic carbocycles. The van der Waals surface area contributed by atoms with Crippen molar-refractivity contribution >= 4 is 126 Å². The molecular formula is C90H116F12N8O30S4. The van der Waals surface area contributed by atoms with Crippen LogP contribution in [-0.2, 0) is 124 Å². The Morgan fingerprint density at radius 1 is 0.417 bits per heavy atom. The SMILES string of the molecule is CCCN(OCC)C(=O)C1=Cc2sc(CCC3CCN(C(=O)CCOCCOCCOCCC(=O)O)CC3)cc2N=C(N)C1.CCCN(OCC)C(=O)C1=Cc2sc(CCC3CCN(C(=O)CCOCCOCCOCCC(=O)Oc4c(F)c(F)c(S(=O)(=O)O)c(F)c4F)CC3)cc2N=C(N)C1.O=C(O)CCOCCOCCOCCC(=O)Oc1c(F)c(F)cc(F)c1F.O=S(=O)(O)c1c(F)c(F)c(O)c(F)c1F. The fourth-order valence-corrected chi connectivity index (χ4v) is 17.1. The average Bonchev–Trinajstić information content (AvgIpc) is 0.984. The molecule has 9 N–H and O–H groups in total. The number of phenols is 1. The van der Waals surface area contributed by atoms with E-state index in [9.17, 15) is 108 Å². The number of esters is 2. The highest BCUT2D eigenvalue weighted by Crippen LogP contribution is 2.41. The predicted octanol–water partition coefficient (Wildman–Crippen LogP) is 12.2. The van der Waals surface area contributed by atoms with Crippen LogP contribution in [0.4, 0.5) is 64.1 Å². The monoisotopic (exact) mass is 2140 g/mol. The predicted molar refractivity (Wildman–Crippen MR) is 491 cm³/mol. The number of fused-ring (bicyclic) bond motifs is 2. The normalized spacial score (nSPS) is 13.9. The number of phenolic OH excluding ortho intramolecular Hbond substituents is 1. The van der Waals surface area contributed by atoms with Crippen LogP contribution < -0.4 is 20.9 Å². The maximum Gasteiger partial charge on any atom is 0.313 e. The maximum absolute atomic E-state index is 14.0. The third-order valence-corrected chi connectivity index (χ3v) is 24.8. The van der Waals surface area contributed by atoms with Crippen LogP contribution in [0.2, 0.25) is 0 Å². The van der Waals surface area contributed by atoms with Gasteiger partial charge in [-0.2, -0.15) is 43.2 Å². The number of amidine groups is 2. The number of nitrogens with two attached hydrogens (primary N) is 2. The number of hydrogen-bond acceptors (Lipinski definition) is 32. The minimum Gasteiger partial charge on any atom is -0.503 e.